The molecule has 2 heterocycles. The van der Waals surface area contributed by atoms with E-state index in [1.165, 1.54) is 103 Å². The van der Waals surface area contributed by atoms with Crippen LogP contribution in [0.15, 0.2) is 0 Å². The molecule has 1 aliphatic carbocycles. The van der Waals surface area contributed by atoms with Crippen LogP contribution in [0.25, 0.3) is 0 Å². The van der Waals surface area contributed by atoms with Crippen LogP contribution in [-0.2, 0) is 51.6 Å². The maximum Gasteiger partial charge on any atom is 0.472 e. The Hall–Kier alpha value is -1.55. The van der Waals surface area contributed by atoms with Crippen molar-refractivity contribution in [2.75, 3.05) is 26.4 Å². The average molecular weight is 1180 g/mol. The maximum absolute atomic E-state index is 14.0. The summed E-state index contributed by atoms with van der Waals surface area (Å²) in [5, 5.41) is 117. The molecule has 24 heteroatoms. The Morgan fingerprint density at radius 3 is 1.23 bits per heavy atom. The van der Waals surface area contributed by atoms with Gasteiger partial charge in [-0.1, -0.05) is 181 Å². The minimum atomic E-state index is -5.63. The topological polar surface area (TPSA) is 368 Å². The highest BCUT2D eigenvalue weighted by atomic mass is 31.2. The number of ether oxygens (including phenoxy) is 6. The van der Waals surface area contributed by atoms with Crippen LogP contribution >= 0.6 is 7.82 Å². The summed E-state index contributed by atoms with van der Waals surface area (Å²) >= 11 is 0. The number of carbonyl (C=O) groups excluding carboxylic acids is 2. The first-order valence-corrected chi connectivity index (χ1v) is 31.8. The number of phosphoric acid groups is 1. The zero-order valence-electron chi connectivity index (χ0n) is 48.0. The summed E-state index contributed by atoms with van der Waals surface area (Å²) in [7, 11) is -5.63. The van der Waals surface area contributed by atoms with Crippen molar-refractivity contribution >= 4 is 19.8 Å². The van der Waals surface area contributed by atoms with E-state index in [1.54, 1.807) is 0 Å². The van der Waals surface area contributed by atoms with Gasteiger partial charge in [0.15, 0.2) is 18.7 Å². The Kier molecular flexibility index (Phi) is 37.0. The molecule has 1 saturated carbocycles. The summed E-state index contributed by atoms with van der Waals surface area (Å²) in [6.45, 7) is 3.34. The largest absolute Gasteiger partial charge is 0.472 e. The molecule has 3 rings (SSSR count). The number of aliphatic hydroxyl groups is 11. The molecule has 3 aliphatic rings. The molecule has 3 unspecified atom stereocenters. The highest BCUT2D eigenvalue weighted by Gasteiger charge is 2.58. The molecular formula is C56H105O23P. The molecule has 0 aromatic carbocycles. The molecular weight excluding hydrogens is 1070 g/mol. The van der Waals surface area contributed by atoms with Gasteiger partial charge in [0, 0.05) is 12.8 Å². The number of carbonyl (C=O) groups is 2. The summed E-state index contributed by atoms with van der Waals surface area (Å²) in [5.74, 6) is -0.636. The van der Waals surface area contributed by atoms with Crippen molar-refractivity contribution in [1.82, 2.24) is 0 Å². The molecule has 0 radical (unpaired) electrons. The highest BCUT2D eigenvalue weighted by molar-refractivity contribution is 7.47. The zero-order valence-corrected chi connectivity index (χ0v) is 48.9. The van der Waals surface area contributed by atoms with Crippen LogP contribution < -0.4 is 0 Å². The van der Waals surface area contributed by atoms with Crippen molar-refractivity contribution in [2.24, 2.45) is 5.92 Å². The molecule has 80 heavy (non-hydrogen) atoms. The van der Waals surface area contributed by atoms with E-state index in [2.05, 4.69) is 20.8 Å². The Bertz CT molecular complexity index is 1610. The Balaban J connectivity index is 1.70. The van der Waals surface area contributed by atoms with Crippen LogP contribution in [0.5, 0.6) is 0 Å². The van der Waals surface area contributed by atoms with Gasteiger partial charge >= 0.3 is 19.8 Å². The molecule has 23 nitrogen and oxygen atoms in total. The van der Waals surface area contributed by atoms with E-state index in [1.807, 2.05) is 0 Å². The smallest absolute Gasteiger partial charge is 0.462 e. The molecule has 3 fully saturated rings. The number of hydrogen-bond acceptors (Lipinski definition) is 22. The summed E-state index contributed by atoms with van der Waals surface area (Å²) in [6, 6.07) is 0. The monoisotopic (exact) mass is 1180 g/mol. The lowest BCUT2D eigenvalue weighted by Gasteiger charge is -2.49. The fourth-order valence-corrected chi connectivity index (χ4v) is 11.4. The Morgan fingerprint density at radius 2 is 0.825 bits per heavy atom. The summed E-state index contributed by atoms with van der Waals surface area (Å²) in [6.07, 6.45) is -4.84. The molecule has 2 aliphatic heterocycles. The third-order valence-electron chi connectivity index (χ3n) is 15.6. The number of unbranched alkanes of at least 4 members (excludes halogenated alkanes) is 22. The Labute approximate surface area is 474 Å². The van der Waals surface area contributed by atoms with Gasteiger partial charge in [0.25, 0.3) is 0 Å². The van der Waals surface area contributed by atoms with E-state index < -0.39 is 150 Å². The molecule has 0 bridgehead atoms. The summed E-state index contributed by atoms with van der Waals surface area (Å²) < 4.78 is 58.2. The van der Waals surface area contributed by atoms with Crippen LogP contribution in [0.2, 0.25) is 0 Å². The van der Waals surface area contributed by atoms with Crippen molar-refractivity contribution in [2.45, 2.75) is 311 Å². The fraction of sp³-hybridized carbons (Fsp3) is 0.964. The van der Waals surface area contributed by atoms with Crippen molar-refractivity contribution in [3.63, 3.8) is 0 Å². The van der Waals surface area contributed by atoms with Gasteiger partial charge in [-0.3, -0.25) is 18.6 Å². The molecule has 0 amide bonds. The van der Waals surface area contributed by atoms with Gasteiger partial charge in [0.2, 0.25) is 0 Å². The summed E-state index contributed by atoms with van der Waals surface area (Å²) in [4.78, 5) is 37.6. The third-order valence-corrected chi connectivity index (χ3v) is 16.6. The van der Waals surface area contributed by atoms with Gasteiger partial charge in [0.1, 0.15) is 92.1 Å². The second-order valence-corrected chi connectivity index (χ2v) is 23.9. The van der Waals surface area contributed by atoms with Gasteiger partial charge in [-0.25, -0.2) is 4.57 Å². The second-order valence-electron chi connectivity index (χ2n) is 22.5. The third kappa shape index (κ3) is 26.4. The summed E-state index contributed by atoms with van der Waals surface area (Å²) in [5.41, 5.74) is 0. The lowest BCUT2D eigenvalue weighted by Crippen LogP contribution is -2.69. The predicted molar refractivity (Wildman–Crippen MR) is 291 cm³/mol. The normalized spacial score (nSPS) is 31.6. The van der Waals surface area contributed by atoms with Gasteiger partial charge in [-0.05, 0) is 18.8 Å². The Morgan fingerprint density at radius 1 is 0.463 bits per heavy atom. The van der Waals surface area contributed by atoms with Gasteiger partial charge < -0.3 is 89.5 Å². The zero-order chi connectivity index (χ0) is 59.0. The van der Waals surface area contributed by atoms with Crippen molar-refractivity contribution in [3.8, 4) is 0 Å². The average Bonchev–Trinajstić information content (AvgIpc) is 3.62. The fourth-order valence-electron chi connectivity index (χ4n) is 10.4. The number of aliphatic hydroxyl groups excluding tert-OH is 11. The molecule has 2 saturated heterocycles. The van der Waals surface area contributed by atoms with E-state index in [0.29, 0.717) is 18.8 Å². The molecule has 0 aromatic heterocycles. The van der Waals surface area contributed by atoms with E-state index in [9.17, 15) is 75.2 Å². The first-order valence-electron chi connectivity index (χ1n) is 30.3. The second kappa shape index (κ2) is 40.7. The highest BCUT2D eigenvalue weighted by Crippen LogP contribution is 2.49. The molecule has 0 spiro atoms. The standard InChI is InChI=1S/C56H105O23P/c1-4-6-8-10-12-13-14-15-16-17-18-23-27-31-41(59)72-35-38(74-42(60)32-28-24-20-19-22-26-30-37(3)29-25-21-11-9-7-5-2)36-73-80(70,71)79-54-52(77-55-50(68)45(63)43(61)39(33-57)75-55)48(66)47(65)49(67)53(54)78-56-51(69)46(64)44(62)40(34-58)76-56/h37-40,43-58,61-69H,4-36H2,1-3H3,(H,70,71)/t37-,38-,39-,40-,43-,44-,45+,46+,47?,48-,49+,50+,51+,52-,53-,54?,55-,56-/m1/s1. The minimum Gasteiger partial charge on any atom is -0.462 e. The first kappa shape index (κ1) is 72.7. The van der Waals surface area contributed by atoms with Crippen LogP contribution in [-0.4, -0.2) is 204 Å². The van der Waals surface area contributed by atoms with Crippen LogP contribution in [0.3, 0.4) is 0 Å². The van der Waals surface area contributed by atoms with Crippen molar-refractivity contribution < 1.29 is 113 Å². The van der Waals surface area contributed by atoms with Crippen molar-refractivity contribution in [1.29, 1.82) is 0 Å². The molecule has 0 aromatic rings. The predicted octanol–water partition coefficient (Wildman–Crippen LogP) is 4.40. The quantitative estimate of drug-likeness (QED) is 0.0228. The number of esters is 2. The van der Waals surface area contributed by atoms with Gasteiger partial charge in [-0.2, -0.15) is 0 Å². The van der Waals surface area contributed by atoms with E-state index in [0.717, 1.165) is 57.8 Å². The first-order chi connectivity index (χ1) is 38.3. The molecule has 19 atom stereocenters. The van der Waals surface area contributed by atoms with Gasteiger partial charge in [-0.15, -0.1) is 0 Å². The lowest BCUT2D eigenvalue weighted by molar-refractivity contribution is -0.360. The number of rotatable bonds is 44. The minimum absolute atomic E-state index is 0.0277. The SMILES string of the molecule is CCCCCCCCCCCCCCCC(=O)OC[C@H](COP(=O)(O)OC1[C@H](O[C@H]2O[C@H](CO)[C@@H](O)[C@H](O)[C@@H]2O)[C@H](O)C(O)[C@H](O)[C@H]1O[C@H]1O[C@H](CO)[C@@H](O)[C@H](O)[C@@H]1O)OC(=O)CCCCCCCC[C@H](C)CCCCCCCC. The van der Waals surface area contributed by atoms with Crippen molar-refractivity contribution in [3.05, 3.63) is 0 Å². The lowest BCUT2D eigenvalue weighted by atomic mass is 9.84. The van der Waals surface area contributed by atoms with Gasteiger partial charge in [0.05, 0.1) is 19.8 Å². The van der Waals surface area contributed by atoms with Crippen LogP contribution in [0, 0.1) is 5.92 Å². The number of phosphoric ester groups is 1. The molecule has 472 valence electrons. The van der Waals surface area contributed by atoms with Crippen LogP contribution in [0.4, 0.5) is 0 Å². The van der Waals surface area contributed by atoms with E-state index in [-0.39, 0.29) is 12.8 Å². The van der Waals surface area contributed by atoms with E-state index in [4.69, 9.17) is 37.5 Å². The molecule has 12 N–H and O–H groups in total. The number of hydrogen-bond donors (Lipinski definition) is 12. The maximum atomic E-state index is 14.0. The van der Waals surface area contributed by atoms with Crippen LogP contribution in [0.1, 0.15) is 207 Å². The van der Waals surface area contributed by atoms with E-state index >= 15 is 0 Å².